The van der Waals surface area contributed by atoms with E-state index in [4.69, 9.17) is 10.1 Å². The maximum Gasteiger partial charge on any atom is 0.305 e. The molecule has 0 amide bonds. The minimum absolute atomic E-state index is 0.0742. The number of thiophene rings is 1. The van der Waals surface area contributed by atoms with Gasteiger partial charge < -0.3 is 15.3 Å². The van der Waals surface area contributed by atoms with Gasteiger partial charge in [-0.25, -0.2) is 9.37 Å². The smallest absolute Gasteiger partial charge is 0.305 e. The number of carboxylic acid groups (broad SMARTS) is 1. The van der Waals surface area contributed by atoms with Crippen molar-refractivity contribution in [1.82, 2.24) is 4.98 Å². The summed E-state index contributed by atoms with van der Waals surface area (Å²) in [6, 6.07) is 6.46. The topological polar surface area (TPSA) is 90.7 Å². The van der Waals surface area contributed by atoms with E-state index in [2.05, 4.69) is 13.8 Å². The second kappa shape index (κ2) is 9.71. The zero-order valence-electron chi connectivity index (χ0n) is 18.7. The molecule has 3 N–H and O–H groups in total. The third kappa shape index (κ3) is 5.00. The van der Waals surface area contributed by atoms with Crippen molar-refractivity contribution in [3.05, 3.63) is 57.9 Å². The van der Waals surface area contributed by atoms with Crippen molar-refractivity contribution in [2.75, 3.05) is 0 Å². The average molecular weight is 470 g/mol. The average Bonchev–Trinajstić information content (AvgIpc) is 3.32. The van der Waals surface area contributed by atoms with Crippen molar-refractivity contribution in [3.63, 3.8) is 0 Å². The van der Waals surface area contributed by atoms with Crippen LogP contribution in [0.5, 0.6) is 0 Å². The highest BCUT2D eigenvalue weighted by molar-refractivity contribution is 7.19. The standard InChI is InChI=1S/C26H28FNO4S/c1-14(2)25-20(11-10-17(29)12-18(30)13-22(31)32)23(15-6-8-16(27)9-7-15)24-19-4-3-5-21(19)33-26(24)28-25/h6-11,14,17-18,29-30H,3-5,12-13H2,1-2H3,(H,31,32)/b11-10+. The van der Waals surface area contributed by atoms with E-state index in [1.165, 1.54) is 22.6 Å². The van der Waals surface area contributed by atoms with Crippen LogP contribution in [0.15, 0.2) is 30.3 Å². The zero-order valence-corrected chi connectivity index (χ0v) is 19.5. The number of carboxylic acids is 1. The normalized spacial score (nSPS) is 15.5. The minimum atomic E-state index is -1.14. The first-order chi connectivity index (χ1) is 15.7. The van der Waals surface area contributed by atoms with E-state index in [1.807, 2.05) is 6.08 Å². The summed E-state index contributed by atoms with van der Waals surface area (Å²) in [7, 11) is 0. The number of hydrogen-bond donors (Lipinski definition) is 3. The molecule has 2 heterocycles. The van der Waals surface area contributed by atoms with Gasteiger partial charge in [0.1, 0.15) is 10.6 Å². The van der Waals surface area contributed by atoms with Crippen LogP contribution in [0, 0.1) is 5.82 Å². The molecule has 33 heavy (non-hydrogen) atoms. The Morgan fingerprint density at radius 3 is 2.61 bits per heavy atom. The van der Waals surface area contributed by atoms with E-state index in [0.29, 0.717) is 0 Å². The van der Waals surface area contributed by atoms with Gasteiger partial charge in [-0.05, 0) is 48.4 Å². The van der Waals surface area contributed by atoms with E-state index < -0.39 is 24.6 Å². The maximum absolute atomic E-state index is 13.7. The summed E-state index contributed by atoms with van der Waals surface area (Å²) in [5, 5.41) is 30.3. The summed E-state index contributed by atoms with van der Waals surface area (Å²) in [5.74, 6) is -1.30. The van der Waals surface area contributed by atoms with Gasteiger partial charge in [0.2, 0.25) is 0 Å². The first-order valence-electron chi connectivity index (χ1n) is 11.2. The molecule has 0 fully saturated rings. The quantitative estimate of drug-likeness (QED) is 0.416. The van der Waals surface area contributed by atoms with Crippen LogP contribution in [0.4, 0.5) is 4.39 Å². The lowest BCUT2D eigenvalue weighted by atomic mass is 9.90. The van der Waals surface area contributed by atoms with E-state index in [-0.39, 0.29) is 18.2 Å². The lowest BCUT2D eigenvalue weighted by molar-refractivity contribution is -0.139. The number of carbonyl (C=O) groups is 1. The van der Waals surface area contributed by atoms with Crippen molar-refractivity contribution < 1.29 is 24.5 Å². The van der Waals surface area contributed by atoms with Crippen molar-refractivity contribution in [1.29, 1.82) is 0 Å². The van der Waals surface area contributed by atoms with Crippen LogP contribution < -0.4 is 0 Å². The molecule has 0 saturated carbocycles. The summed E-state index contributed by atoms with van der Waals surface area (Å²) in [4.78, 5) is 18.2. The second-order valence-electron chi connectivity index (χ2n) is 8.90. The monoisotopic (exact) mass is 469 g/mol. The fourth-order valence-corrected chi connectivity index (χ4v) is 5.81. The third-order valence-electron chi connectivity index (χ3n) is 6.01. The first-order valence-corrected chi connectivity index (χ1v) is 12.1. The van der Waals surface area contributed by atoms with Gasteiger partial charge in [-0.3, -0.25) is 4.79 Å². The number of halogens is 1. The van der Waals surface area contributed by atoms with Gasteiger partial charge in [0.25, 0.3) is 0 Å². The number of aromatic nitrogens is 1. The molecule has 7 heteroatoms. The van der Waals surface area contributed by atoms with Gasteiger partial charge in [-0.1, -0.05) is 38.1 Å². The molecule has 0 spiro atoms. The largest absolute Gasteiger partial charge is 0.481 e. The molecule has 1 aliphatic rings. The van der Waals surface area contributed by atoms with Crippen LogP contribution in [-0.2, 0) is 17.6 Å². The van der Waals surface area contributed by atoms with Crippen molar-refractivity contribution in [2.45, 2.75) is 64.1 Å². The van der Waals surface area contributed by atoms with Gasteiger partial charge in [-0.15, -0.1) is 11.3 Å². The van der Waals surface area contributed by atoms with Crippen molar-refractivity contribution in [2.24, 2.45) is 0 Å². The zero-order chi connectivity index (χ0) is 23.7. The van der Waals surface area contributed by atoms with Crippen molar-refractivity contribution >= 4 is 33.6 Å². The number of rotatable bonds is 8. The highest BCUT2D eigenvalue weighted by Gasteiger charge is 2.25. The van der Waals surface area contributed by atoms with E-state index in [0.717, 1.165) is 51.9 Å². The number of nitrogens with zero attached hydrogens (tertiary/aromatic N) is 1. The molecule has 0 radical (unpaired) electrons. The second-order valence-corrected chi connectivity index (χ2v) is 9.98. The van der Waals surface area contributed by atoms with Gasteiger partial charge in [0.05, 0.1) is 24.3 Å². The molecule has 2 atom stereocenters. The fourth-order valence-electron chi connectivity index (χ4n) is 4.53. The van der Waals surface area contributed by atoms with Gasteiger partial charge in [0.15, 0.2) is 0 Å². The Morgan fingerprint density at radius 1 is 1.21 bits per heavy atom. The molecule has 0 bridgehead atoms. The highest BCUT2D eigenvalue weighted by atomic mass is 32.1. The predicted octanol–water partition coefficient (Wildman–Crippen LogP) is 5.31. The van der Waals surface area contributed by atoms with Gasteiger partial charge >= 0.3 is 5.97 Å². The maximum atomic E-state index is 13.7. The number of pyridine rings is 1. The minimum Gasteiger partial charge on any atom is -0.481 e. The first kappa shape index (κ1) is 23.5. The Hall–Kier alpha value is -2.61. The highest BCUT2D eigenvalue weighted by Crippen LogP contribution is 2.45. The Morgan fingerprint density at radius 2 is 1.94 bits per heavy atom. The third-order valence-corrected chi connectivity index (χ3v) is 7.19. The molecule has 1 aromatic carbocycles. The number of aliphatic carboxylic acids is 1. The Balaban J connectivity index is 1.86. The molecular weight excluding hydrogens is 441 g/mol. The Kier molecular flexibility index (Phi) is 6.93. The lowest BCUT2D eigenvalue weighted by Gasteiger charge is -2.17. The fraction of sp³-hybridized carbons (Fsp3) is 0.385. The summed E-state index contributed by atoms with van der Waals surface area (Å²) in [6.07, 6.45) is 3.90. The number of aryl methyl sites for hydroxylation is 2. The van der Waals surface area contributed by atoms with E-state index >= 15 is 0 Å². The van der Waals surface area contributed by atoms with Crippen LogP contribution in [0.1, 0.15) is 60.7 Å². The molecule has 5 nitrogen and oxygen atoms in total. The number of benzene rings is 1. The van der Waals surface area contributed by atoms with Crippen LogP contribution in [0.25, 0.3) is 27.4 Å². The number of aliphatic hydroxyl groups excluding tert-OH is 2. The van der Waals surface area contributed by atoms with Crippen LogP contribution in [-0.4, -0.2) is 38.5 Å². The molecule has 3 aromatic rings. The summed E-state index contributed by atoms with van der Waals surface area (Å²) in [5.41, 5.74) is 4.93. The molecule has 0 saturated heterocycles. The molecule has 174 valence electrons. The number of fused-ring (bicyclic) bond motifs is 3. The number of aliphatic hydroxyl groups is 2. The van der Waals surface area contributed by atoms with Crippen LogP contribution >= 0.6 is 11.3 Å². The molecule has 0 aliphatic heterocycles. The molecule has 1 aliphatic carbocycles. The molecule has 2 unspecified atom stereocenters. The van der Waals surface area contributed by atoms with Crippen molar-refractivity contribution in [3.8, 4) is 11.1 Å². The molecule has 4 rings (SSSR count). The van der Waals surface area contributed by atoms with Crippen LogP contribution in [0.2, 0.25) is 0 Å². The van der Waals surface area contributed by atoms with E-state index in [1.54, 1.807) is 29.5 Å². The lowest BCUT2D eigenvalue weighted by Crippen LogP contribution is -2.19. The van der Waals surface area contributed by atoms with Crippen LogP contribution in [0.3, 0.4) is 0 Å². The Labute approximate surface area is 196 Å². The molecular formula is C26H28FNO4S. The van der Waals surface area contributed by atoms with Gasteiger partial charge in [-0.2, -0.15) is 0 Å². The predicted molar refractivity (Wildman–Crippen MR) is 129 cm³/mol. The summed E-state index contributed by atoms with van der Waals surface area (Å²) < 4.78 is 13.7. The SMILES string of the molecule is CC(C)c1nc2sc3c(c2c(-c2ccc(F)cc2)c1/C=C/C(O)CC(O)CC(=O)O)CCC3. The van der Waals surface area contributed by atoms with Gasteiger partial charge in [0, 0.05) is 27.8 Å². The summed E-state index contributed by atoms with van der Waals surface area (Å²) in [6.45, 7) is 4.13. The summed E-state index contributed by atoms with van der Waals surface area (Å²) >= 11 is 1.73. The number of hydrogen-bond acceptors (Lipinski definition) is 5. The Bertz CT molecular complexity index is 1200. The molecule has 2 aromatic heterocycles. The van der Waals surface area contributed by atoms with E-state index in [9.17, 15) is 19.4 Å².